The van der Waals surface area contributed by atoms with E-state index < -0.39 is 11.4 Å². The Labute approximate surface area is 105 Å². The highest BCUT2D eigenvalue weighted by molar-refractivity contribution is 5.90. The maximum Gasteiger partial charge on any atom is 0.314 e. The van der Waals surface area contributed by atoms with Gasteiger partial charge in [0.2, 0.25) is 0 Å². The van der Waals surface area contributed by atoms with Crippen LogP contribution in [-0.2, 0) is 17.3 Å². The highest BCUT2D eigenvalue weighted by Crippen LogP contribution is 2.43. The Bertz CT molecular complexity index is 609. The lowest BCUT2D eigenvalue weighted by atomic mass is 9.78. The van der Waals surface area contributed by atoms with Gasteiger partial charge in [-0.3, -0.25) is 4.79 Å². The zero-order chi connectivity index (χ0) is 12.8. The van der Waals surface area contributed by atoms with Crippen LogP contribution in [0.25, 0.3) is 11.0 Å². The number of benzene rings is 1. The molecule has 1 aromatic heterocycles. The molecule has 0 radical (unpaired) electrons. The van der Waals surface area contributed by atoms with Gasteiger partial charge in [-0.1, -0.05) is 25.0 Å². The van der Waals surface area contributed by atoms with Crippen molar-refractivity contribution in [2.75, 3.05) is 0 Å². The second-order valence-electron chi connectivity index (χ2n) is 5.12. The zero-order valence-electron chi connectivity index (χ0n) is 10.4. The summed E-state index contributed by atoms with van der Waals surface area (Å²) in [6.45, 7) is 0. The topological polar surface area (TPSA) is 55.1 Å². The van der Waals surface area contributed by atoms with Crippen molar-refractivity contribution in [3.8, 4) is 0 Å². The number of carbonyl (C=O) groups is 1. The van der Waals surface area contributed by atoms with E-state index in [-0.39, 0.29) is 0 Å². The quantitative estimate of drug-likeness (QED) is 0.882. The summed E-state index contributed by atoms with van der Waals surface area (Å²) in [5.41, 5.74) is 1.99. The zero-order valence-corrected chi connectivity index (χ0v) is 10.4. The number of hydrogen-bond donors (Lipinski definition) is 1. The van der Waals surface area contributed by atoms with Gasteiger partial charge in [-0.05, 0) is 24.5 Å². The molecule has 0 saturated heterocycles. The van der Waals surface area contributed by atoms with Crippen molar-refractivity contribution in [1.29, 1.82) is 0 Å². The maximum atomic E-state index is 11.7. The number of rotatable bonds is 2. The van der Waals surface area contributed by atoms with Gasteiger partial charge >= 0.3 is 5.97 Å². The van der Waals surface area contributed by atoms with Crippen molar-refractivity contribution in [2.45, 2.75) is 31.1 Å². The van der Waals surface area contributed by atoms with Crippen molar-refractivity contribution >= 4 is 17.0 Å². The molecule has 94 valence electrons. The van der Waals surface area contributed by atoms with Crippen LogP contribution in [0.3, 0.4) is 0 Å². The van der Waals surface area contributed by atoms with Gasteiger partial charge in [0.25, 0.3) is 0 Å². The van der Waals surface area contributed by atoms with Gasteiger partial charge in [-0.25, -0.2) is 4.98 Å². The SMILES string of the molecule is Cn1cnc2c(C3(C(=O)O)CCCC3)cccc21. The fourth-order valence-electron chi connectivity index (χ4n) is 3.12. The summed E-state index contributed by atoms with van der Waals surface area (Å²) in [6, 6.07) is 5.84. The van der Waals surface area contributed by atoms with Gasteiger partial charge in [0, 0.05) is 7.05 Å². The van der Waals surface area contributed by atoms with Crippen LogP contribution in [0.5, 0.6) is 0 Å². The van der Waals surface area contributed by atoms with E-state index >= 15 is 0 Å². The van der Waals surface area contributed by atoms with Gasteiger partial charge in [0.05, 0.1) is 22.8 Å². The Morgan fingerprint density at radius 3 is 2.78 bits per heavy atom. The fraction of sp³-hybridized carbons (Fsp3) is 0.429. The molecule has 1 aromatic carbocycles. The average Bonchev–Trinajstić information content (AvgIpc) is 2.97. The van der Waals surface area contributed by atoms with Crippen molar-refractivity contribution in [3.63, 3.8) is 0 Å². The molecule has 0 amide bonds. The second kappa shape index (κ2) is 3.83. The lowest BCUT2D eigenvalue weighted by molar-refractivity contribution is -0.143. The van der Waals surface area contributed by atoms with Crippen LogP contribution < -0.4 is 0 Å². The minimum absolute atomic E-state index is 0.710. The fourth-order valence-corrected chi connectivity index (χ4v) is 3.12. The Morgan fingerprint density at radius 1 is 1.39 bits per heavy atom. The van der Waals surface area contributed by atoms with E-state index in [0.29, 0.717) is 0 Å². The molecule has 4 heteroatoms. The highest BCUT2D eigenvalue weighted by atomic mass is 16.4. The number of fused-ring (bicyclic) bond motifs is 1. The Morgan fingerprint density at radius 2 is 2.11 bits per heavy atom. The maximum absolute atomic E-state index is 11.7. The third kappa shape index (κ3) is 1.38. The van der Waals surface area contributed by atoms with E-state index in [1.807, 2.05) is 29.8 Å². The number of aromatic nitrogens is 2. The Kier molecular flexibility index (Phi) is 2.40. The summed E-state index contributed by atoms with van der Waals surface area (Å²) in [5, 5.41) is 9.65. The van der Waals surface area contributed by atoms with Crippen molar-refractivity contribution in [2.24, 2.45) is 7.05 Å². The summed E-state index contributed by atoms with van der Waals surface area (Å²) in [7, 11) is 1.93. The number of nitrogens with zero attached hydrogens (tertiary/aromatic N) is 2. The lowest BCUT2D eigenvalue weighted by Crippen LogP contribution is -2.32. The van der Waals surface area contributed by atoms with E-state index in [4.69, 9.17) is 0 Å². The van der Waals surface area contributed by atoms with Gasteiger partial charge in [0.1, 0.15) is 0 Å². The molecule has 1 aliphatic rings. The molecule has 1 N–H and O–H groups in total. The van der Waals surface area contributed by atoms with E-state index in [1.165, 1.54) is 0 Å². The van der Waals surface area contributed by atoms with Gasteiger partial charge in [-0.15, -0.1) is 0 Å². The molecule has 4 nitrogen and oxygen atoms in total. The molecule has 0 atom stereocenters. The molecule has 1 aliphatic carbocycles. The molecule has 0 spiro atoms. The smallest absolute Gasteiger partial charge is 0.314 e. The molecule has 0 unspecified atom stereocenters. The first-order chi connectivity index (χ1) is 8.65. The van der Waals surface area contributed by atoms with Crippen LogP contribution in [0.2, 0.25) is 0 Å². The molecule has 2 aromatic rings. The standard InChI is InChI=1S/C14H16N2O2/c1-16-9-15-12-10(5-4-6-11(12)16)14(13(17)18)7-2-3-8-14/h4-6,9H,2-3,7-8H2,1H3,(H,17,18). The van der Waals surface area contributed by atoms with Crippen LogP contribution in [0.4, 0.5) is 0 Å². The highest BCUT2D eigenvalue weighted by Gasteiger charge is 2.44. The molecule has 0 bridgehead atoms. The van der Waals surface area contributed by atoms with Gasteiger partial charge in [-0.2, -0.15) is 0 Å². The lowest BCUT2D eigenvalue weighted by Gasteiger charge is -2.24. The molecule has 1 saturated carbocycles. The number of para-hydroxylation sites is 1. The van der Waals surface area contributed by atoms with E-state index in [2.05, 4.69) is 4.98 Å². The third-order valence-electron chi connectivity index (χ3n) is 4.14. The first-order valence-corrected chi connectivity index (χ1v) is 6.29. The summed E-state index contributed by atoms with van der Waals surface area (Å²) in [4.78, 5) is 16.1. The number of imidazole rings is 1. The van der Waals surface area contributed by atoms with Gasteiger partial charge < -0.3 is 9.67 Å². The number of aryl methyl sites for hydroxylation is 1. The first-order valence-electron chi connectivity index (χ1n) is 6.29. The Hall–Kier alpha value is -1.84. The number of carboxylic acids is 1. The molecule has 0 aliphatic heterocycles. The summed E-state index contributed by atoms with van der Waals surface area (Å²) < 4.78 is 1.93. The largest absolute Gasteiger partial charge is 0.481 e. The molecule has 18 heavy (non-hydrogen) atoms. The second-order valence-corrected chi connectivity index (χ2v) is 5.12. The summed E-state index contributed by atoms with van der Waals surface area (Å²) >= 11 is 0. The summed E-state index contributed by atoms with van der Waals surface area (Å²) in [5.74, 6) is -0.710. The molecule has 1 heterocycles. The van der Waals surface area contributed by atoms with Crippen LogP contribution in [0.1, 0.15) is 31.2 Å². The van der Waals surface area contributed by atoms with Crippen molar-refractivity contribution < 1.29 is 9.90 Å². The van der Waals surface area contributed by atoms with E-state index in [1.54, 1.807) is 6.33 Å². The molecular formula is C14H16N2O2. The van der Waals surface area contributed by atoms with Crippen LogP contribution >= 0.6 is 0 Å². The Balaban J connectivity index is 2.27. The number of aliphatic carboxylic acids is 1. The van der Waals surface area contributed by atoms with Crippen molar-refractivity contribution in [3.05, 3.63) is 30.1 Å². The third-order valence-corrected chi connectivity index (χ3v) is 4.14. The molecule has 3 rings (SSSR count). The number of hydrogen-bond acceptors (Lipinski definition) is 2. The minimum Gasteiger partial charge on any atom is -0.481 e. The predicted molar refractivity (Wildman–Crippen MR) is 68.5 cm³/mol. The predicted octanol–water partition coefficient (Wildman–Crippen LogP) is 2.47. The molecule has 1 fully saturated rings. The summed E-state index contributed by atoms with van der Waals surface area (Å²) in [6.07, 6.45) is 5.15. The van der Waals surface area contributed by atoms with Crippen molar-refractivity contribution in [1.82, 2.24) is 9.55 Å². The first kappa shape index (κ1) is 11.3. The average molecular weight is 244 g/mol. The van der Waals surface area contributed by atoms with Gasteiger partial charge in [0.15, 0.2) is 0 Å². The van der Waals surface area contributed by atoms with Crippen LogP contribution in [-0.4, -0.2) is 20.6 Å². The normalized spacial score (nSPS) is 18.3. The monoisotopic (exact) mass is 244 g/mol. The van der Waals surface area contributed by atoms with E-state index in [9.17, 15) is 9.90 Å². The van der Waals surface area contributed by atoms with E-state index in [0.717, 1.165) is 42.3 Å². The minimum atomic E-state index is -0.728. The van der Waals surface area contributed by atoms with Crippen LogP contribution in [0, 0.1) is 0 Å². The molecular weight excluding hydrogens is 228 g/mol. The van der Waals surface area contributed by atoms with Crippen LogP contribution in [0.15, 0.2) is 24.5 Å². The number of carboxylic acid groups (broad SMARTS) is 1.